The average molecular weight is 262 g/mol. The Kier molecular flexibility index (Phi) is 4.71. The molecular weight excluding hydrogens is 240 g/mol. The van der Waals surface area contributed by atoms with Crippen molar-refractivity contribution in [2.45, 2.75) is 58.3 Å². The Hall–Kier alpha value is -1.65. The second-order valence-electron chi connectivity index (χ2n) is 5.02. The van der Waals surface area contributed by atoms with Gasteiger partial charge in [-0.05, 0) is 12.8 Å². The van der Waals surface area contributed by atoms with Crippen LogP contribution in [0.1, 0.15) is 64.1 Å². The van der Waals surface area contributed by atoms with Crippen LogP contribution >= 0.6 is 0 Å². The number of nitrogens with one attached hydrogen (secondary N) is 2. The molecule has 2 aromatic rings. The van der Waals surface area contributed by atoms with Gasteiger partial charge in [-0.1, -0.05) is 39.5 Å². The Morgan fingerprint density at radius 1 is 1.21 bits per heavy atom. The average Bonchev–Trinajstić information content (AvgIpc) is 2.78. The van der Waals surface area contributed by atoms with Gasteiger partial charge in [-0.25, -0.2) is 14.8 Å². The van der Waals surface area contributed by atoms with Gasteiger partial charge in [-0.15, -0.1) is 0 Å². The van der Waals surface area contributed by atoms with Gasteiger partial charge in [0.25, 0.3) is 0 Å². The highest BCUT2D eigenvalue weighted by molar-refractivity contribution is 5.68. The van der Waals surface area contributed by atoms with Crippen LogP contribution in [0.25, 0.3) is 11.2 Å². The molecule has 19 heavy (non-hydrogen) atoms. The Morgan fingerprint density at radius 2 is 2.05 bits per heavy atom. The molecular formula is C14H22N4O. The minimum atomic E-state index is -0.225. The van der Waals surface area contributed by atoms with Crippen molar-refractivity contribution in [3.63, 3.8) is 0 Å². The lowest BCUT2D eigenvalue weighted by atomic mass is 9.97. The fraction of sp³-hybridized carbons (Fsp3) is 0.643. The standard InChI is InChI=1S/C14H22N4O/c1-3-5-6-7-8-10(4-2)12-15-9-11-13(17-12)18-14(19)16-11/h9-10H,3-8H2,1-2H3,(H2,15,16,17,18,19). The van der Waals surface area contributed by atoms with Gasteiger partial charge in [0, 0.05) is 5.92 Å². The number of aromatic amines is 2. The summed E-state index contributed by atoms with van der Waals surface area (Å²) in [7, 11) is 0. The maximum atomic E-state index is 11.2. The zero-order valence-corrected chi connectivity index (χ0v) is 11.7. The minimum absolute atomic E-state index is 0.225. The molecule has 0 aromatic carbocycles. The van der Waals surface area contributed by atoms with Gasteiger partial charge in [-0.3, -0.25) is 4.98 Å². The maximum Gasteiger partial charge on any atom is 0.325 e. The maximum absolute atomic E-state index is 11.2. The number of fused-ring (bicyclic) bond motifs is 1. The van der Waals surface area contributed by atoms with Crippen molar-refractivity contribution in [1.29, 1.82) is 0 Å². The third-order valence-corrected chi connectivity index (χ3v) is 3.55. The molecule has 0 aliphatic rings. The van der Waals surface area contributed by atoms with E-state index in [1.807, 2.05) is 0 Å². The van der Waals surface area contributed by atoms with Crippen molar-refractivity contribution in [2.24, 2.45) is 0 Å². The molecule has 2 N–H and O–H groups in total. The molecule has 2 rings (SSSR count). The van der Waals surface area contributed by atoms with Gasteiger partial charge in [0.15, 0.2) is 5.65 Å². The van der Waals surface area contributed by atoms with Gasteiger partial charge in [0.1, 0.15) is 11.3 Å². The minimum Gasteiger partial charge on any atom is -0.303 e. The van der Waals surface area contributed by atoms with E-state index in [0.29, 0.717) is 17.1 Å². The van der Waals surface area contributed by atoms with Crippen molar-refractivity contribution in [3.8, 4) is 0 Å². The molecule has 2 heterocycles. The summed E-state index contributed by atoms with van der Waals surface area (Å²) in [5.74, 6) is 1.24. The first-order valence-electron chi connectivity index (χ1n) is 7.19. The van der Waals surface area contributed by atoms with Crippen LogP contribution < -0.4 is 5.69 Å². The Labute approximate surface area is 112 Å². The molecule has 0 radical (unpaired) electrons. The van der Waals surface area contributed by atoms with Crippen molar-refractivity contribution < 1.29 is 0 Å². The summed E-state index contributed by atoms with van der Waals surface area (Å²) < 4.78 is 0. The first-order valence-corrected chi connectivity index (χ1v) is 7.19. The molecule has 0 bridgehead atoms. The van der Waals surface area contributed by atoms with E-state index in [9.17, 15) is 4.79 Å². The predicted molar refractivity (Wildman–Crippen MR) is 76.3 cm³/mol. The van der Waals surface area contributed by atoms with E-state index in [0.717, 1.165) is 18.7 Å². The molecule has 0 aliphatic carbocycles. The van der Waals surface area contributed by atoms with Crippen molar-refractivity contribution in [1.82, 2.24) is 19.9 Å². The van der Waals surface area contributed by atoms with E-state index in [-0.39, 0.29) is 5.69 Å². The van der Waals surface area contributed by atoms with E-state index in [2.05, 4.69) is 33.8 Å². The Morgan fingerprint density at radius 3 is 2.79 bits per heavy atom. The Balaban J connectivity index is 2.08. The number of hydrogen-bond acceptors (Lipinski definition) is 3. The van der Waals surface area contributed by atoms with Crippen LogP contribution in [0, 0.1) is 0 Å². The number of unbranched alkanes of at least 4 members (excludes halogenated alkanes) is 3. The molecule has 0 amide bonds. The summed E-state index contributed by atoms with van der Waals surface area (Å²) in [5.41, 5.74) is 1.06. The lowest BCUT2D eigenvalue weighted by molar-refractivity contribution is 0.523. The summed E-state index contributed by atoms with van der Waals surface area (Å²) in [6.45, 7) is 4.38. The number of H-pyrrole nitrogens is 2. The highest BCUT2D eigenvalue weighted by Gasteiger charge is 2.13. The predicted octanol–water partition coefficient (Wildman–Crippen LogP) is 3.11. The lowest BCUT2D eigenvalue weighted by Crippen LogP contribution is -2.04. The smallest absolute Gasteiger partial charge is 0.303 e. The topological polar surface area (TPSA) is 74.4 Å². The SMILES string of the molecule is CCCCCCC(CC)c1ncc2[nH]c(=O)[nH]c2n1. The molecule has 0 saturated heterocycles. The quantitative estimate of drug-likeness (QED) is 0.753. The van der Waals surface area contributed by atoms with Crippen LogP contribution in [-0.2, 0) is 0 Å². The van der Waals surface area contributed by atoms with Crippen molar-refractivity contribution >= 4 is 11.2 Å². The normalized spacial score (nSPS) is 12.9. The lowest BCUT2D eigenvalue weighted by Gasteiger charge is -2.12. The van der Waals surface area contributed by atoms with Crippen LogP contribution in [0.3, 0.4) is 0 Å². The molecule has 0 fully saturated rings. The van der Waals surface area contributed by atoms with Crippen LogP contribution in [0.5, 0.6) is 0 Å². The molecule has 1 atom stereocenters. The zero-order chi connectivity index (χ0) is 13.7. The fourth-order valence-electron chi connectivity index (χ4n) is 2.37. The second kappa shape index (κ2) is 6.50. The van der Waals surface area contributed by atoms with Crippen LogP contribution in [0.4, 0.5) is 0 Å². The number of aromatic nitrogens is 4. The van der Waals surface area contributed by atoms with Gasteiger partial charge < -0.3 is 4.98 Å². The monoisotopic (exact) mass is 262 g/mol. The summed E-state index contributed by atoms with van der Waals surface area (Å²) in [4.78, 5) is 25.4. The molecule has 1 unspecified atom stereocenters. The van der Waals surface area contributed by atoms with Crippen LogP contribution in [0.15, 0.2) is 11.0 Å². The third-order valence-electron chi connectivity index (χ3n) is 3.55. The molecule has 104 valence electrons. The number of hydrogen-bond donors (Lipinski definition) is 2. The zero-order valence-electron chi connectivity index (χ0n) is 11.7. The second-order valence-corrected chi connectivity index (χ2v) is 5.02. The van der Waals surface area contributed by atoms with E-state index >= 15 is 0 Å². The largest absolute Gasteiger partial charge is 0.325 e. The molecule has 0 aliphatic heterocycles. The van der Waals surface area contributed by atoms with Gasteiger partial charge in [-0.2, -0.15) is 0 Å². The van der Waals surface area contributed by atoms with Crippen molar-refractivity contribution in [2.75, 3.05) is 0 Å². The van der Waals surface area contributed by atoms with E-state index in [4.69, 9.17) is 0 Å². The summed E-state index contributed by atoms with van der Waals surface area (Å²) in [6.07, 6.45) is 8.89. The molecule has 0 spiro atoms. The number of imidazole rings is 1. The molecule has 2 aromatic heterocycles. The molecule has 5 heteroatoms. The third kappa shape index (κ3) is 3.43. The van der Waals surface area contributed by atoms with Crippen LogP contribution in [-0.4, -0.2) is 19.9 Å². The van der Waals surface area contributed by atoms with E-state index in [1.165, 1.54) is 25.7 Å². The van der Waals surface area contributed by atoms with Crippen LogP contribution in [0.2, 0.25) is 0 Å². The Bertz CT molecular complexity index is 572. The van der Waals surface area contributed by atoms with Crippen molar-refractivity contribution in [3.05, 3.63) is 22.5 Å². The summed E-state index contributed by atoms with van der Waals surface area (Å²) >= 11 is 0. The summed E-state index contributed by atoms with van der Waals surface area (Å²) in [5, 5.41) is 0. The van der Waals surface area contributed by atoms with Gasteiger partial charge in [0.05, 0.1) is 6.20 Å². The first-order chi connectivity index (χ1) is 9.24. The van der Waals surface area contributed by atoms with Gasteiger partial charge in [0.2, 0.25) is 0 Å². The van der Waals surface area contributed by atoms with Gasteiger partial charge >= 0.3 is 5.69 Å². The van der Waals surface area contributed by atoms with E-state index in [1.54, 1.807) is 6.20 Å². The number of rotatable bonds is 7. The summed E-state index contributed by atoms with van der Waals surface area (Å²) in [6, 6.07) is 0. The van der Waals surface area contributed by atoms with E-state index < -0.39 is 0 Å². The highest BCUT2D eigenvalue weighted by Crippen LogP contribution is 2.23. The highest BCUT2D eigenvalue weighted by atomic mass is 16.1. The molecule has 0 saturated carbocycles. The fourth-order valence-corrected chi connectivity index (χ4v) is 2.37. The number of nitrogens with zero attached hydrogens (tertiary/aromatic N) is 2. The first kappa shape index (κ1) is 13.8. The molecule has 5 nitrogen and oxygen atoms in total.